The van der Waals surface area contributed by atoms with E-state index >= 15 is 0 Å². The van der Waals surface area contributed by atoms with E-state index in [1.165, 1.54) is 43.2 Å². The number of hydrogen-bond donors (Lipinski definition) is 0. The minimum atomic E-state index is -0.0191. The number of fused-ring (bicyclic) bond motifs is 1. The number of rotatable bonds is 2. The molecule has 2 aliphatic rings. The summed E-state index contributed by atoms with van der Waals surface area (Å²) in [5, 5.41) is 9.63. The molecule has 1 aromatic rings. The molecule has 0 bridgehead atoms. The van der Waals surface area contributed by atoms with Crippen LogP contribution in [-0.2, 0) is 6.42 Å². The van der Waals surface area contributed by atoms with Crippen molar-refractivity contribution in [2.45, 2.75) is 57.3 Å². The fourth-order valence-corrected chi connectivity index (χ4v) is 3.78. The predicted octanol–water partition coefficient (Wildman–Crippen LogP) is 4.58. The molecule has 0 radical (unpaired) electrons. The summed E-state index contributed by atoms with van der Waals surface area (Å²) in [6.07, 6.45) is 9.70. The van der Waals surface area contributed by atoms with Crippen LogP contribution < -0.4 is 0 Å². The molecule has 0 aliphatic heterocycles. The average Bonchev–Trinajstić information content (AvgIpc) is 2.62. The van der Waals surface area contributed by atoms with Crippen molar-refractivity contribution in [2.24, 2.45) is 5.41 Å². The Balaban J connectivity index is 1.74. The molecule has 1 fully saturated rings. The second-order valence-electron chi connectivity index (χ2n) is 6.11. The Labute approximate surface area is 110 Å². The van der Waals surface area contributed by atoms with Gasteiger partial charge in [-0.1, -0.05) is 49.9 Å². The van der Waals surface area contributed by atoms with Gasteiger partial charge in [-0.2, -0.15) is 5.26 Å². The number of hydrogen-bond acceptors (Lipinski definition) is 1. The maximum atomic E-state index is 9.63. The van der Waals surface area contributed by atoms with Crippen molar-refractivity contribution >= 4 is 0 Å². The first-order valence-electron chi connectivity index (χ1n) is 7.32. The molecule has 18 heavy (non-hydrogen) atoms. The van der Waals surface area contributed by atoms with Crippen molar-refractivity contribution in [1.82, 2.24) is 0 Å². The van der Waals surface area contributed by atoms with Crippen LogP contribution in [0.3, 0.4) is 0 Å². The Morgan fingerprint density at radius 1 is 1.11 bits per heavy atom. The SMILES string of the molecule is N#CC1(CC2Cc3ccccc32)CCCCCC1. The highest BCUT2D eigenvalue weighted by molar-refractivity contribution is 5.40. The third-order valence-corrected chi connectivity index (χ3v) is 4.90. The standard InChI is InChI=1S/C17H21N/c18-13-17(9-5-1-2-6-10-17)12-15-11-14-7-3-4-8-16(14)15/h3-4,7-8,15H,1-2,5-6,9-12H2. The van der Waals surface area contributed by atoms with Crippen molar-refractivity contribution in [3.8, 4) is 6.07 Å². The summed E-state index contributed by atoms with van der Waals surface area (Å²) in [6, 6.07) is 11.4. The Hall–Kier alpha value is -1.29. The topological polar surface area (TPSA) is 23.8 Å². The lowest BCUT2D eigenvalue weighted by molar-refractivity contribution is 0.278. The van der Waals surface area contributed by atoms with Crippen molar-refractivity contribution in [2.75, 3.05) is 0 Å². The molecule has 1 saturated carbocycles. The molecule has 1 nitrogen and oxygen atoms in total. The second kappa shape index (κ2) is 4.76. The normalized spacial score (nSPS) is 25.4. The lowest BCUT2D eigenvalue weighted by Gasteiger charge is -2.36. The summed E-state index contributed by atoms with van der Waals surface area (Å²) >= 11 is 0. The number of benzene rings is 1. The summed E-state index contributed by atoms with van der Waals surface area (Å²) in [7, 11) is 0. The van der Waals surface area contributed by atoms with Gasteiger partial charge < -0.3 is 0 Å². The average molecular weight is 239 g/mol. The largest absolute Gasteiger partial charge is 0.198 e. The fourth-order valence-electron chi connectivity index (χ4n) is 3.78. The molecule has 0 amide bonds. The monoisotopic (exact) mass is 239 g/mol. The molecule has 0 N–H and O–H groups in total. The Bertz CT molecular complexity index is 461. The highest BCUT2D eigenvalue weighted by Gasteiger charge is 2.37. The number of nitrogens with zero attached hydrogens (tertiary/aromatic N) is 1. The van der Waals surface area contributed by atoms with Gasteiger partial charge in [-0.25, -0.2) is 0 Å². The van der Waals surface area contributed by atoms with E-state index in [0.29, 0.717) is 5.92 Å². The third-order valence-electron chi connectivity index (χ3n) is 4.90. The number of nitriles is 1. The van der Waals surface area contributed by atoms with Crippen molar-refractivity contribution < 1.29 is 0 Å². The van der Waals surface area contributed by atoms with Crippen LogP contribution in [0, 0.1) is 16.7 Å². The zero-order chi connectivity index (χ0) is 12.4. The van der Waals surface area contributed by atoms with Crippen LogP contribution in [0.4, 0.5) is 0 Å². The van der Waals surface area contributed by atoms with Gasteiger partial charge in [0.25, 0.3) is 0 Å². The van der Waals surface area contributed by atoms with Crippen LogP contribution >= 0.6 is 0 Å². The van der Waals surface area contributed by atoms with Crippen LogP contribution in [-0.4, -0.2) is 0 Å². The molecule has 2 aliphatic carbocycles. The minimum Gasteiger partial charge on any atom is -0.198 e. The van der Waals surface area contributed by atoms with Gasteiger partial charge in [0.15, 0.2) is 0 Å². The van der Waals surface area contributed by atoms with Gasteiger partial charge in [0, 0.05) is 0 Å². The second-order valence-corrected chi connectivity index (χ2v) is 6.11. The molecule has 0 aromatic heterocycles. The van der Waals surface area contributed by atoms with Crippen LogP contribution in [0.5, 0.6) is 0 Å². The summed E-state index contributed by atoms with van der Waals surface area (Å²) in [6.45, 7) is 0. The quantitative estimate of drug-likeness (QED) is 0.693. The Kier molecular flexibility index (Phi) is 3.12. The van der Waals surface area contributed by atoms with Crippen LogP contribution in [0.2, 0.25) is 0 Å². The molecule has 3 rings (SSSR count). The smallest absolute Gasteiger partial charge is 0.0689 e. The first kappa shape index (κ1) is 11.8. The summed E-state index contributed by atoms with van der Waals surface area (Å²) in [4.78, 5) is 0. The van der Waals surface area contributed by atoms with Gasteiger partial charge in [-0.05, 0) is 42.7 Å². The van der Waals surface area contributed by atoms with Crippen LogP contribution in [0.1, 0.15) is 62.0 Å². The van der Waals surface area contributed by atoms with Crippen LogP contribution in [0.15, 0.2) is 24.3 Å². The van der Waals surface area contributed by atoms with Gasteiger partial charge in [0.2, 0.25) is 0 Å². The third kappa shape index (κ3) is 2.05. The first-order chi connectivity index (χ1) is 8.83. The molecule has 1 unspecified atom stereocenters. The zero-order valence-corrected chi connectivity index (χ0v) is 11.0. The van der Waals surface area contributed by atoms with Gasteiger partial charge in [-0.15, -0.1) is 0 Å². The van der Waals surface area contributed by atoms with E-state index in [2.05, 4.69) is 30.3 Å². The minimum absolute atomic E-state index is 0.0191. The highest BCUT2D eigenvalue weighted by Crippen LogP contribution is 2.47. The molecular weight excluding hydrogens is 218 g/mol. The van der Waals surface area contributed by atoms with Crippen molar-refractivity contribution in [1.29, 1.82) is 5.26 Å². The van der Waals surface area contributed by atoms with Gasteiger partial charge in [0.1, 0.15) is 0 Å². The van der Waals surface area contributed by atoms with Gasteiger partial charge in [-0.3, -0.25) is 0 Å². The summed E-state index contributed by atoms with van der Waals surface area (Å²) < 4.78 is 0. The van der Waals surface area contributed by atoms with Crippen LogP contribution in [0.25, 0.3) is 0 Å². The lowest BCUT2D eigenvalue weighted by atomic mass is 9.66. The molecular formula is C17H21N. The van der Waals surface area contributed by atoms with Crippen molar-refractivity contribution in [3.05, 3.63) is 35.4 Å². The van der Waals surface area contributed by atoms with E-state index < -0.39 is 0 Å². The summed E-state index contributed by atoms with van der Waals surface area (Å²) in [5.74, 6) is 0.652. The maximum Gasteiger partial charge on any atom is 0.0689 e. The van der Waals surface area contributed by atoms with E-state index in [0.717, 1.165) is 19.3 Å². The van der Waals surface area contributed by atoms with Gasteiger partial charge in [0.05, 0.1) is 11.5 Å². The molecule has 94 valence electrons. The first-order valence-corrected chi connectivity index (χ1v) is 7.32. The summed E-state index contributed by atoms with van der Waals surface area (Å²) in [5.41, 5.74) is 3.00. The predicted molar refractivity (Wildman–Crippen MR) is 73.3 cm³/mol. The molecule has 1 atom stereocenters. The molecule has 1 aromatic carbocycles. The Morgan fingerprint density at radius 3 is 2.50 bits per heavy atom. The molecule has 0 heterocycles. The van der Waals surface area contributed by atoms with E-state index in [-0.39, 0.29) is 5.41 Å². The lowest BCUT2D eigenvalue weighted by Crippen LogP contribution is -2.27. The zero-order valence-electron chi connectivity index (χ0n) is 11.0. The molecule has 0 saturated heterocycles. The maximum absolute atomic E-state index is 9.63. The molecule has 0 spiro atoms. The van der Waals surface area contributed by atoms with E-state index in [4.69, 9.17) is 0 Å². The van der Waals surface area contributed by atoms with E-state index in [1.54, 1.807) is 0 Å². The Morgan fingerprint density at radius 2 is 1.83 bits per heavy atom. The fraction of sp³-hybridized carbons (Fsp3) is 0.588. The highest BCUT2D eigenvalue weighted by atomic mass is 14.4. The van der Waals surface area contributed by atoms with Gasteiger partial charge >= 0.3 is 0 Å². The van der Waals surface area contributed by atoms with E-state index in [9.17, 15) is 5.26 Å². The molecule has 1 heteroatoms. The van der Waals surface area contributed by atoms with Crippen molar-refractivity contribution in [3.63, 3.8) is 0 Å². The van der Waals surface area contributed by atoms with E-state index in [1.807, 2.05) is 0 Å².